The Morgan fingerprint density at radius 2 is 1.96 bits per heavy atom. The molecule has 6 nitrogen and oxygen atoms in total. The Morgan fingerprint density at radius 1 is 1.22 bits per heavy atom. The van der Waals surface area contributed by atoms with E-state index in [9.17, 15) is 8.42 Å². The second-order valence-electron chi connectivity index (χ2n) is 7.23. The quantitative estimate of drug-likeness (QED) is 0.704. The molecule has 1 atom stereocenters. The molecule has 0 bridgehead atoms. The first kappa shape index (κ1) is 20.2. The first-order chi connectivity index (χ1) is 12.9. The number of unbranched alkanes of at least 4 members (excludes halogenated alkanes) is 1. The van der Waals surface area contributed by atoms with Crippen molar-refractivity contribution in [1.29, 1.82) is 0 Å². The van der Waals surface area contributed by atoms with Crippen molar-refractivity contribution in [3.8, 4) is 0 Å². The molecule has 0 saturated carbocycles. The summed E-state index contributed by atoms with van der Waals surface area (Å²) in [6.45, 7) is 7.90. The van der Waals surface area contributed by atoms with Gasteiger partial charge in [0.1, 0.15) is 5.82 Å². The number of hydrogen-bond donors (Lipinski definition) is 0. The van der Waals surface area contributed by atoms with E-state index in [1.165, 1.54) is 22.7 Å². The highest BCUT2D eigenvalue weighted by atomic mass is 32.2. The fourth-order valence-electron chi connectivity index (χ4n) is 3.31. The van der Waals surface area contributed by atoms with E-state index in [2.05, 4.69) is 45.4 Å². The van der Waals surface area contributed by atoms with Crippen molar-refractivity contribution in [2.75, 3.05) is 30.3 Å². The number of piperazine rings is 1. The lowest BCUT2D eigenvalue weighted by Gasteiger charge is -2.38. The minimum absolute atomic E-state index is 0.0509. The van der Waals surface area contributed by atoms with Gasteiger partial charge < -0.3 is 4.90 Å². The van der Waals surface area contributed by atoms with Crippen molar-refractivity contribution in [3.63, 3.8) is 0 Å². The second-order valence-corrected chi connectivity index (χ2v) is 10.0. The van der Waals surface area contributed by atoms with E-state index >= 15 is 0 Å². The van der Waals surface area contributed by atoms with E-state index in [0.717, 1.165) is 23.8 Å². The summed E-state index contributed by atoms with van der Waals surface area (Å²) >= 11 is 1.40. The van der Waals surface area contributed by atoms with Gasteiger partial charge in [0.15, 0.2) is 0 Å². The maximum atomic E-state index is 12.5. The largest absolute Gasteiger partial charge is 0.344 e. The summed E-state index contributed by atoms with van der Waals surface area (Å²) in [4.78, 5) is 6.85. The van der Waals surface area contributed by atoms with Crippen molar-refractivity contribution >= 4 is 26.7 Å². The van der Waals surface area contributed by atoms with E-state index in [4.69, 9.17) is 0 Å². The third-order valence-electron chi connectivity index (χ3n) is 4.89. The molecule has 2 heterocycles. The van der Waals surface area contributed by atoms with Gasteiger partial charge in [-0.25, -0.2) is 13.4 Å². The zero-order valence-electron chi connectivity index (χ0n) is 16.3. The van der Waals surface area contributed by atoms with Gasteiger partial charge in [0.25, 0.3) is 0 Å². The SMILES string of the molecule is CCCCS(=O)(=O)N1CCN(c2nc(Cc3ccc(C)cc3)ns2)CC1C. The van der Waals surface area contributed by atoms with Crippen molar-refractivity contribution < 1.29 is 8.42 Å². The zero-order chi connectivity index (χ0) is 19.4. The highest BCUT2D eigenvalue weighted by Crippen LogP contribution is 2.24. The van der Waals surface area contributed by atoms with Crippen LogP contribution in [0.4, 0.5) is 5.13 Å². The molecule has 0 radical (unpaired) electrons. The van der Waals surface area contributed by atoms with Crippen LogP contribution in [-0.2, 0) is 16.4 Å². The van der Waals surface area contributed by atoms with E-state index in [1.807, 2.05) is 13.8 Å². The predicted molar refractivity (Wildman–Crippen MR) is 111 cm³/mol. The summed E-state index contributed by atoms with van der Waals surface area (Å²) in [5, 5.41) is 0.884. The Morgan fingerprint density at radius 3 is 2.63 bits per heavy atom. The lowest BCUT2D eigenvalue weighted by molar-refractivity contribution is 0.306. The van der Waals surface area contributed by atoms with E-state index < -0.39 is 10.0 Å². The molecule has 2 aromatic rings. The Kier molecular flexibility index (Phi) is 6.49. The Bertz CT molecular complexity index is 849. The van der Waals surface area contributed by atoms with Gasteiger partial charge in [0.2, 0.25) is 15.2 Å². The molecule has 0 N–H and O–H groups in total. The summed E-state index contributed by atoms with van der Waals surface area (Å²) in [5.74, 6) is 1.07. The maximum absolute atomic E-state index is 12.5. The summed E-state index contributed by atoms with van der Waals surface area (Å²) < 4.78 is 31.2. The van der Waals surface area contributed by atoms with Gasteiger partial charge in [-0.05, 0) is 25.8 Å². The molecule has 0 amide bonds. The molecule has 8 heteroatoms. The second kappa shape index (κ2) is 8.67. The van der Waals surface area contributed by atoms with Gasteiger partial charge in [-0.2, -0.15) is 8.68 Å². The topological polar surface area (TPSA) is 66.4 Å². The number of aryl methyl sites for hydroxylation is 1. The molecule has 1 aliphatic heterocycles. The van der Waals surface area contributed by atoms with Crippen LogP contribution >= 0.6 is 11.5 Å². The Balaban J connectivity index is 1.62. The average Bonchev–Trinajstić information content (AvgIpc) is 3.10. The number of sulfonamides is 1. The highest BCUT2D eigenvalue weighted by molar-refractivity contribution is 7.89. The molecule has 1 aromatic carbocycles. The van der Waals surface area contributed by atoms with Crippen molar-refractivity contribution in [2.45, 2.75) is 46.1 Å². The average molecular weight is 409 g/mol. The van der Waals surface area contributed by atoms with Gasteiger partial charge in [-0.1, -0.05) is 43.2 Å². The van der Waals surface area contributed by atoms with Gasteiger partial charge in [-0.3, -0.25) is 0 Å². The lowest BCUT2D eigenvalue weighted by atomic mass is 10.1. The zero-order valence-corrected chi connectivity index (χ0v) is 17.9. The molecule has 27 heavy (non-hydrogen) atoms. The summed E-state index contributed by atoms with van der Waals surface area (Å²) in [7, 11) is -3.17. The Labute approximate surface area is 166 Å². The number of aromatic nitrogens is 2. The Hall–Kier alpha value is -1.51. The van der Waals surface area contributed by atoms with Gasteiger partial charge in [0, 0.05) is 43.6 Å². The van der Waals surface area contributed by atoms with Crippen LogP contribution in [0.5, 0.6) is 0 Å². The van der Waals surface area contributed by atoms with Gasteiger partial charge in [-0.15, -0.1) is 0 Å². The molecule has 1 aliphatic rings. The first-order valence-corrected chi connectivity index (χ1v) is 11.9. The number of rotatable bonds is 7. The van der Waals surface area contributed by atoms with Crippen LogP contribution in [-0.4, -0.2) is 53.5 Å². The molecule has 1 aromatic heterocycles. The maximum Gasteiger partial charge on any atom is 0.214 e. The van der Waals surface area contributed by atoms with Crippen molar-refractivity contribution in [3.05, 3.63) is 41.2 Å². The number of nitrogens with zero attached hydrogens (tertiary/aromatic N) is 4. The summed E-state index contributed by atoms with van der Waals surface area (Å²) in [6.07, 6.45) is 2.33. The minimum atomic E-state index is -3.17. The van der Waals surface area contributed by atoms with Crippen LogP contribution in [0.25, 0.3) is 0 Å². The number of anilines is 1. The first-order valence-electron chi connectivity index (χ1n) is 9.51. The van der Waals surface area contributed by atoms with Gasteiger partial charge in [0.05, 0.1) is 5.75 Å². The molecule has 1 saturated heterocycles. The van der Waals surface area contributed by atoms with Crippen LogP contribution in [0.3, 0.4) is 0 Å². The smallest absolute Gasteiger partial charge is 0.214 e. The van der Waals surface area contributed by atoms with E-state index in [-0.39, 0.29) is 11.8 Å². The minimum Gasteiger partial charge on any atom is -0.344 e. The molecule has 0 spiro atoms. The lowest BCUT2D eigenvalue weighted by Crippen LogP contribution is -2.54. The number of benzene rings is 1. The molecule has 0 aliphatic carbocycles. The van der Waals surface area contributed by atoms with Crippen LogP contribution in [0, 0.1) is 6.92 Å². The molecular weight excluding hydrogens is 380 g/mol. The molecular formula is C19H28N4O2S2. The number of hydrogen-bond acceptors (Lipinski definition) is 6. The van der Waals surface area contributed by atoms with Crippen LogP contribution in [0.15, 0.2) is 24.3 Å². The standard InChI is InChI=1S/C19H28N4O2S2/c1-4-5-12-27(24,25)23-11-10-22(14-16(23)3)19-20-18(21-26-19)13-17-8-6-15(2)7-9-17/h6-9,16H,4-5,10-14H2,1-3H3. The normalized spacial score (nSPS) is 18.8. The predicted octanol–water partition coefficient (Wildman–Crippen LogP) is 3.08. The van der Waals surface area contributed by atoms with Crippen molar-refractivity contribution in [2.24, 2.45) is 0 Å². The summed E-state index contributed by atoms with van der Waals surface area (Å²) in [6, 6.07) is 8.37. The van der Waals surface area contributed by atoms with Crippen LogP contribution in [0.1, 0.15) is 43.6 Å². The molecule has 1 fully saturated rings. The third kappa shape index (κ3) is 5.06. The van der Waals surface area contributed by atoms with Crippen molar-refractivity contribution in [1.82, 2.24) is 13.7 Å². The fourth-order valence-corrected chi connectivity index (χ4v) is 5.89. The summed E-state index contributed by atoms with van der Waals surface area (Å²) in [5.41, 5.74) is 2.44. The molecule has 3 rings (SSSR count). The third-order valence-corrected chi connectivity index (χ3v) is 7.77. The highest BCUT2D eigenvalue weighted by Gasteiger charge is 2.33. The van der Waals surface area contributed by atoms with Crippen LogP contribution in [0.2, 0.25) is 0 Å². The van der Waals surface area contributed by atoms with E-state index in [0.29, 0.717) is 26.1 Å². The van der Waals surface area contributed by atoms with E-state index in [1.54, 1.807) is 4.31 Å². The molecule has 1 unspecified atom stereocenters. The fraction of sp³-hybridized carbons (Fsp3) is 0.579. The monoisotopic (exact) mass is 408 g/mol. The molecule has 148 valence electrons. The van der Waals surface area contributed by atoms with Gasteiger partial charge >= 0.3 is 0 Å². The van der Waals surface area contributed by atoms with Crippen LogP contribution < -0.4 is 4.90 Å².